The molecule has 0 amide bonds. The second kappa shape index (κ2) is 11.2. The summed E-state index contributed by atoms with van der Waals surface area (Å²) in [4.78, 5) is 5.36. The van der Waals surface area contributed by atoms with Crippen LogP contribution in [0.2, 0.25) is 0 Å². The van der Waals surface area contributed by atoms with Gasteiger partial charge in [-0.25, -0.2) is 8.42 Å². The number of hydrogen-bond donors (Lipinski definition) is 1. The first-order valence-corrected chi connectivity index (χ1v) is 14.0. The van der Waals surface area contributed by atoms with Crippen molar-refractivity contribution in [2.45, 2.75) is 11.7 Å². The van der Waals surface area contributed by atoms with Crippen molar-refractivity contribution in [2.75, 3.05) is 39.3 Å². The van der Waals surface area contributed by atoms with E-state index in [9.17, 15) is 8.42 Å². The fourth-order valence-electron chi connectivity index (χ4n) is 4.93. The van der Waals surface area contributed by atoms with E-state index in [1.807, 2.05) is 84.9 Å². The number of sulfonamides is 1. The summed E-state index contributed by atoms with van der Waals surface area (Å²) < 4.78 is 35.3. The molecule has 0 unspecified atom stereocenters. The predicted octanol–water partition coefficient (Wildman–Crippen LogP) is 4.55. The summed E-state index contributed by atoms with van der Waals surface area (Å²) in [6.07, 6.45) is 0.829. The first-order valence-electron chi connectivity index (χ1n) is 12.5. The second-order valence-electron chi connectivity index (χ2n) is 9.20. The van der Waals surface area contributed by atoms with Crippen molar-refractivity contribution in [3.63, 3.8) is 0 Å². The van der Waals surface area contributed by atoms with Crippen molar-refractivity contribution in [3.05, 3.63) is 102 Å². The largest absolute Gasteiger partial charge is 0.493 e. The molecule has 5 rings (SSSR count). The molecule has 0 bridgehead atoms. The van der Waals surface area contributed by atoms with Crippen molar-refractivity contribution < 1.29 is 13.2 Å². The molecular weight excluding hydrogens is 484 g/mol. The highest BCUT2D eigenvalue weighted by Crippen LogP contribution is 2.33. The van der Waals surface area contributed by atoms with Gasteiger partial charge in [-0.05, 0) is 35.7 Å². The van der Waals surface area contributed by atoms with Gasteiger partial charge in [0, 0.05) is 38.1 Å². The number of piperazine rings is 1. The van der Waals surface area contributed by atoms with Crippen molar-refractivity contribution in [1.29, 1.82) is 5.26 Å². The van der Waals surface area contributed by atoms with Gasteiger partial charge >= 0.3 is 0 Å². The van der Waals surface area contributed by atoms with Crippen molar-refractivity contribution >= 4 is 20.9 Å². The summed E-state index contributed by atoms with van der Waals surface area (Å²) in [7, 11) is -3.58. The van der Waals surface area contributed by atoms with Gasteiger partial charge in [0.05, 0.1) is 12.1 Å². The Morgan fingerprint density at radius 1 is 0.892 bits per heavy atom. The molecule has 1 aromatic heterocycles. The van der Waals surface area contributed by atoms with Crippen LogP contribution in [-0.4, -0.2) is 61.9 Å². The lowest BCUT2D eigenvalue weighted by atomic mass is 10.0. The van der Waals surface area contributed by atoms with Crippen LogP contribution < -0.4 is 4.74 Å². The van der Waals surface area contributed by atoms with Gasteiger partial charge in [0.15, 0.2) is 0 Å². The van der Waals surface area contributed by atoms with E-state index in [0.29, 0.717) is 38.5 Å². The number of nitriles is 1. The van der Waals surface area contributed by atoms with E-state index in [0.717, 1.165) is 40.7 Å². The molecule has 1 aliphatic rings. The van der Waals surface area contributed by atoms with Crippen LogP contribution in [0.5, 0.6) is 5.75 Å². The molecule has 0 atom stereocenters. The van der Waals surface area contributed by atoms with E-state index in [-0.39, 0.29) is 0 Å². The Bertz CT molecular complexity index is 1430. The zero-order chi connectivity index (χ0) is 25.7. The normalized spacial score (nSPS) is 15.1. The van der Waals surface area contributed by atoms with E-state index in [1.165, 1.54) is 0 Å². The average Bonchev–Trinajstić information content (AvgIpc) is 3.37. The van der Waals surface area contributed by atoms with Crippen molar-refractivity contribution in [2.24, 2.45) is 0 Å². The van der Waals surface area contributed by atoms with Gasteiger partial charge < -0.3 is 14.6 Å². The van der Waals surface area contributed by atoms with Crippen LogP contribution in [-0.2, 0) is 10.0 Å². The molecule has 0 saturated carbocycles. The fraction of sp³-hybridized carbons (Fsp3) is 0.276. The predicted molar refractivity (Wildman–Crippen MR) is 145 cm³/mol. The summed E-state index contributed by atoms with van der Waals surface area (Å²) >= 11 is 0. The topological polar surface area (TPSA) is 89.4 Å². The standard InChI is InChI=1S/C29H30N4O3S/c30-22-25-21-26-27(31-25)13-7-14-28(26)36-20-8-15-32-16-18-33(19-17-32)37(34,35)29(23-9-3-1-4-10-23)24-11-5-2-6-12-24/h1-7,9-14,21,29,31H,8,15-20H2. The summed E-state index contributed by atoms with van der Waals surface area (Å²) in [6.45, 7) is 3.71. The minimum absolute atomic E-state index is 0.471. The molecule has 4 aromatic rings. The Labute approximate surface area is 218 Å². The molecule has 0 radical (unpaired) electrons. The number of ether oxygens (including phenoxy) is 1. The Morgan fingerprint density at radius 2 is 1.54 bits per heavy atom. The monoisotopic (exact) mass is 514 g/mol. The summed E-state index contributed by atoms with van der Waals surface area (Å²) in [5, 5.41) is 9.33. The zero-order valence-electron chi connectivity index (χ0n) is 20.6. The third kappa shape index (κ3) is 5.54. The van der Waals surface area contributed by atoms with Crippen LogP contribution in [0.15, 0.2) is 84.9 Å². The average molecular weight is 515 g/mol. The van der Waals surface area contributed by atoms with Gasteiger partial charge in [0.2, 0.25) is 10.0 Å². The minimum Gasteiger partial charge on any atom is -0.493 e. The Morgan fingerprint density at radius 3 is 2.16 bits per heavy atom. The van der Waals surface area contributed by atoms with Gasteiger partial charge in [0.25, 0.3) is 0 Å². The third-order valence-corrected chi connectivity index (χ3v) is 9.04. The van der Waals surface area contributed by atoms with E-state index < -0.39 is 15.3 Å². The molecule has 37 heavy (non-hydrogen) atoms. The molecule has 0 spiro atoms. The molecule has 1 aliphatic heterocycles. The second-order valence-corrected chi connectivity index (χ2v) is 11.2. The fourth-order valence-corrected chi connectivity index (χ4v) is 6.91. The van der Waals surface area contributed by atoms with Crippen LogP contribution >= 0.6 is 0 Å². The lowest BCUT2D eigenvalue weighted by Gasteiger charge is -2.36. The van der Waals surface area contributed by atoms with E-state index in [4.69, 9.17) is 10.00 Å². The van der Waals surface area contributed by atoms with E-state index in [1.54, 1.807) is 4.31 Å². The number of fused-ring (bicyclic) bond motifs is 1. The third-order valence-electron chi connectivity index (χ3n) is 6.81. The van der Waals surface area contributed by atoms with E-state index >= 15 is 0 Å². The number of H-pyrrole nitrogens is 1. The number of aromatic amines is 1. The highest BCUT2D eigenvalue weighted by atomic mass is 32.2. The van der Waals surface area contributed by atoms with Gasteiger partial charge in [-0.3, -0.25) is 0 Å². The van der Waals surface area contributed by atoms with Crippen LogP contribution in [0.25, 0.3) is 10.9 Å². The molecule has 1 N–H and O–H groups in total. The van der Waals surface area contributed by atoms with Crippen LogP contribution in [0, 0.1) is 11.3 Å². The van der Waals surface area contributed by atoms with Gasteiger partial charge in [-0.2, -0.15) is 9.57 Å². The number of nitrogens with zero attached hydrogens (tertiary/aromatic N) is 3. The molecule has 8 heteroatoms. The Kier molecular flexibility index (Phi) is 7.56. The number of rotatable bonds is 9. The maximum Gasteiger partial charge on any atom is 0.225 e. The van der Waals surface area contributed by atoms with Crippen molar-refractivity contribution in [1.82, 2.24) is 14.2 Å². The first-order chi connectivity index (χ1) is 18.1. The van der Waals surface area contributed by atoms with Gasteiger partial charge in [-0.15, -0.1) is 0 Å². The summed E-state index contributed by atoms with van der Waals surface area (Å²) in [5.41, 5.74) is 2.97. The maximum atomic E-state index is 13.8. The molecule has 7 nitrogen and oxygen atoms in total. The summed E-state index contributed by atoms with van der Waals surface area (Å²) in [6, 6.07) is 28.6. The molecule has 1 saturated heterocycles. The number of nitrogens with one attached hydrogen (secondary N) is 1. The zero-order valence-corrected chi connectivity index (χ0v) is 21.4. The summed E-state index contributed by atoms with van der Waals surface area (Å²) in [5.74, 6) is 0.763. The molecular formula is C29H30N4O3S. The highest BCUT2D eigenvalue weighted by Gasteiger charge is 2.36. The SMILES string of the molecule is N#Cc1cc2c(OCCCN3CCN(S(=O)(=O)C(c4ccccc4)c4ccccc4)CC3)cccc2[nH]1. The maximum absolute atomic E-state index is 13.8. The Balaban J connectivity index is 1.17. The lowest BCUT2D eigenvalue weighted by Crippen LogP contribution is -2.50. The van der Waals surface area contributed by atoms with Gasteiger partial charge in [0.1, 0.15) is 22.8 Å². The highest BCUT2D eigenvalue weighted by molar-refractivity contribution is 7.89. The van der Waals surface area contributed by atoms with Crippen LogP contribution in [0.3, 0.4) is 0 Å². The molecule has 3 aromatic carbocycles. The number of benzene rings is 3. The lowest BCUT2D eigenvalue weighted by molar-refractivity contribution is 0.174. The van der Waals surface area contributed by atoms with Crippen LogP contribution in [0.1, 0.15) is 28.5 Å². The first kappa shape index (κ1) is 25.0. The van der Waals surface area contributed by atoms with Gasteiger partial charge in [-0.1, -0.05) is 66.7 Å². The van der Waals surface area contributed by atoms with E-state index in [2.05, 4.69) is 16.0 Å². The van der Waals surface area contributed by atoms with Crippen LogP contribution in [0.4, 0.5) is 0 Å². The smallest absolute Gasteiger partial charge is 0.225 e. The number of aromatic nitrogens is 1. The Hall–Kier alpha value is -3.64. The molecule has 0 aliphatic carbocycles. The molecule has 2 heterocycles. The molecule has 1 fully saturated rings. The quantitative estimate of drug-likeness (QED) is 0.331. The van der Waals surface area contributed by atoms with Crippen molar-refractivity contribution in [3.8, 4) is 11.8 Å². The number of hydrogen-bond acceptors (Lipinski definition) is 5. The molecule has 190 valence electrons. The minimum atomic E-state index is -3.58.